The van der Waals surface area contributed by atoms with Crippen molar-refractivity contribution in [2.75, 3.05) is 33.4 Å². The van der Waals surface area contributed by atoms with E-state index in [0.717, 1.165) is 11.1 Å². The molecule has 2 aromatic carbocycles. The largest absolute Gasteiger partial charge is 0.396 e. The van der Waals surface area contributed by atoms with E-state index in [-0.39, 0.29) is 13.2 Å². The van der Waals surface area contributed by atoms with E-state index in [4.69, 9.17) is 4.74 Å². The van der Waals surface area contributed by atoms with Gasteiger partial charge in [0.25, 0.3) is 0 Å². The van der Waals surface area contributed by atoms with Crippen molar-refractivity contribution >= 4 is 0 Å². The first-order valence-electron chi connectivity index (χ1n) is 9.41. The number of benzene rings is 2. The minimum Gasteiger partial charge on any atom is -0.396 e. The van der Waals surface area contributed by atoms with E-state index in [9.17, 15) is 15.3 Å². The van der Waals surface area contributed by atoms with Gasteiger partial charge < -0.3 is 25.0 Å². The molecule has 2 bridgehead atoms. The van der Waals surface area contributed by atoms with Crippen LogP contribution in [0.3, 0.4) is 0 Å². The van der Waals surface area contributed by atoms with E-state index < -0.39 is 29.1 Å². The van der Waals surface area contributed by atoms with Gasteiger partial charge >= 0.3 is 0 Å². The Kier molecular flexibility index (Phi) is 4.82. The molecule has 2 aliphatic heterocycles. The number of rotatable bonds is 4. The Morgan fingerprint density at radius 1 is 0.852 bits per heavy atom. The number of fused-ring (bicyclic) bond motifs is 2. The number of aliphatic hydroxyl groups is 3. The Balaban J connectivity index is 1.89. The van der Waals surface area contributed by atoms with Gasteiger partial charge in [-0.05, 0) is 18.2 Å². The summed E-state index contributed by atoms with van der Waals surface area (Å²) < 4.78 is 6.63. The molecule has 5 nitrogen and oxygen atoms in total. The van der Waals surface area contributed by atoms with E-state index >= 15 is 0 Å². The van der Waals surface area contributed by atoms with Crippen LogP contribution in [0.5, 0.6) is 0 Å². The first-order chi connectivity index (χ1) is 13.1. The SMILES string of the molecule is CN1CC2(CO)C(c3ccccc3)OC(c3ccccc3)C(CO)(C1)C2O. The molecule has 4 atom stereocenters. The van der Waals surface area contributed by atoms with Gasteiger partial charge in [0, 0.05) is 13.1 Å². The van der Waals surface area contributed by atoms with Gasteiger partial charge in [0.2, 0.25) is 0 Å². The van der Waals surface area contributed by atoms with Crippen molar-refractivity contribution < 1.29 is 20.1 Å². The predicted octanol–water partition coefficient (Wildman–Crippen LogP) is 1.76. The first kappa shape index (κ1) is 18.6. The lowest BCUT2D eigenvalue weighted by molar-refractivity contribution is -0.310. The molecule has 2 fully saturated rings. The Morgan fingerprint density at radius 2 is 1.26 bits per heavy atom. The van der Waals surface area contributed by atoms with Crippen LogP contribution in [0.25, 0.3) is 0 Å². The molecule has 2 heterocycles. The van der Waals surface area contributed by atoms with Gasteiger partial charge in [0.05, 0.1) is 42.4 Å². The number of ether oxygens (including phenoxy) is 1. The van der Waals surface area contributed by atoms with Crippen molar-refractivity contribution in [3.05, 3.63) is 71.8 Å². The summed E-state index contributed by atoms with van der Waals surface area (Å²) in [5, 5.41) is 32.4. The van der Waals surface area contributed by atoms with E-state index in [1.165, 1.54) is 0 Å². The molecule has 0 aliphatic carbocycles. The molecule has 3 N–H and O–H groups in total. The monoisotopic (exact) mass is 369 g/mol. The molecule has 2 aliphatic rings. The second kappa shape index (κ2) is 7.00. The lowest BCUT2D eigenvalue weighted by Gasteiger charge is -2.63. The maximum Gasteiger partial charge on any atom is 0.0949 e. The van der Waals surface area contributed by atoms with Crippen LogP contribution >= 0.6 is 0 Å². The molecule has 2 saturated heterocycles. The normalized spacial score (nSPS) is 36.5. The lowest BCUT2D eigenvalue weighted by atomic mass is 9.56. The summed E-state index contributed by atoms with van der Waals surface area (Å²) >= 11 is 0. The van der Waals surface area contributed by atoms with E-state index in [0.29, 0.717) is 13.1 Å². The van der Waals surface area contributed by atoms with Crippen LogP contribution in [0.15, 0.2) is 60.7 Å². The van der Waals surface area contributed by atoms with Crippen molar-refractivity contribution in [3.63, 3.8) is 0 Å². The zero-order valence-electron chi connectivity index (χ0n) is 15.5. The van der Waals surface area contributed by atoms with Crippen LogP contribution in [0.1, 0.15) is 23.3 Å². The van der Waals surface area contributed by atoms with Crippen molar-refractivity contribution in [3.8, 4) is 0 Å². The zero-order valence-corrected chi connectivity index (χ0v) is 15.5. The fraction of sp³-hybridized carbons (Fsp3) is 0.455. The molecule has 5 heteroatoms. The van der Waals surface area contributed by atoms with Gasteiger partial charge in [-0.15, -0.1) is 0 Å². The predicted molar refractivity (Wildman–Crippen MR) is 102 cm³/mol. The van der Waals surface area contributed by atoms with Crippen molar-refractivity contribution in [1.82, 2.24) is 4.90 Å². The third kappa shape index (κ3) is 2.73. The highest BCUT2D eigenvalue weighted by atomic mass is 16.5. The van der Waals surface area contributed by atoms with Gasteiger partial charge in [-0.25, -0.2) is 0 Å². The van der Waals surface area contributed by atoms with Gasteiger partial charge in [-0.3, -0.25) is 0 Å². The third-order valence-electron chi connectivity index (χ3n) is 6.33. The molecule has 0 saturated carbocycles. The fourth-order valence-electron chi connectivity index (χ4n) is 5.18. The Hall–Kier alpha value is -1.76. The number of nitrogens with zero attached hydrogens (tertiary/aromatic N) is 1. The number of hydrogen-bond acceptors (Lipinski definition) is 5. The van der Waals surface area contributed by atoms with Crippen LogP contribution in [0.4, 0.5) is 0 Å². The average Bonchev–Trinajstić information content (AvgIpc) is 2.71. The van der Waals surface area contributed by atoms with Gasteiger partial charge in [-0.2, -0.15) is 0 Å². The fourth-order valence-corrected chi connectivity index (χ4v) is 5.18. The molecular weight excluding hydrogens is 342 g/mol. The van der Waals surface area contributed by atoms with E-state index in [1.54, 1.807) is 0 Å². The summed E-state index contributed by atoms with van der Waals surface area (Å²) in [4.78, 5) is 2.09. The topological polar surface area (TPSA) is 73.2 Å². The molecule has 4 unspecified atom stereocenters. The summed E-state index contributed by atoms with van der Waals surface area (Å²) in [7, 11) is 1.97. The summed E-state index contributed by atoms with van der Waals surface area (Å²) in [6.45, 7) is 0.545. The van der Waals surface area contributed by atoms with Gasteiger partial charge in [-0.1, -0.05) is 60.7 Å². The molecule has 2 aromatic rings. The molecule has 144 valence electrons. The van der Waals surface area contributed by atoms with Crippen LogP contribution in [0, 0.1) is 10.8 Å². The minimum atomic E-state index is -0.902. The second-order valence-corrected chi connectivity index (χ2v) is 8.07. The Morgan fingerprint density at radius 3 is 1.63 bits per heavy atom. The standard InChI is InChI=1S/C22H27NO4/c1-23-12-21(14-24)18(16-8-4-2-5-9-16)27-19(17-10-6-3-7-11-17)22(13-23,15-25)20(21)26/h2-11,18-20,24-26H,12-15H2,1H3. The highest BCUT2D eigenvalue weighted by molar-refractivity contribution is 5.30. The van der Waals surface area contributed by atoms with Crippen molar-refractivity contribution in [1.29, 1.82) is 0 Å². The maximum atomic E-state index is 11.5. The van der Waals surface area contributed by atoms with Gasteiger partial charge in [0.1, 0.15) is 0 Å². The number of hydrogen-bond donors (Lipinski definition) is 3. The number of aliphatic hydroxyl groups excluding tert-OH is 3. The molecule has 0 radical (unpaired) electrons. The molecule has 0 spiro atoms. The maximum absolute atomic E-state index is 11.5. The molecule has 0 aromatic heterocycles. The van der Waals surface area contributed by atoms with Crippen LogP contribution in [0.2, 0.25) is 0 Å². The van der Waals surface area contributed by atoms with Crippen molar-refractivity contribution in [2.45, 2.75) is 18.3 Å². The molecule has 0 amide bonds. The Labute approximate surface area is 159 Å². The third-order valence-corrected chi connectivity index (χ3v) is 6.33. The van der Waals surface area contributed by atoms with Crippen LogP contribution in [-0.2, 0) is 4.74 Å². The zero-order chi connectivity index (χ0) is 19.1. The van der Waals surface area contributed by atoms with E-state index in [1.807, 2.05) is 67.7 Å². The number of piperidine rings is 1. The smallest absolute Gasteiger partial charge is 0.0949 e. The summed E-state index contributed by atoms with van der Waals surface area (Å²) in [6, 6.07) is 19.5. The second-order valence-electron chi connectivity index (χ2n) is 8.07. The molecular formula is C22H27NO4. The minimum absolute atomic E-state index is 0.221. The van der Waals surface area contributed by atoms with Crippen LogP contribution in [-0.4, -0.2) is 59.7 Å². The molecule has 4 rings (SSSR count). The van der Waals surface area contributed by atoms with E-state index in [2.05, 4.69) is 4.90 Å². The quantitative estimate of drug-likeness (QED) is 0.766. The summed E-state index contributed by atoms with van der Waals surface area (Å²) in [6.07, 6.45) is -1.86. The summed E-state index contributed by atoms with van der Waals surface area (Å²) in [5.41, 5.74) is 0.0480. The highest BCUT2D eigenvalue weighted by Crippen LogP contribution is 2.60. The first-order valence-corrected chi connectivity index (χ1v) is 9.41. The number of likely N-dealkylation sites (tertiary alicyclic amines) is 1. The van der Waals surface area contributed by atoms with Crippen molar-refractivity contribution in [2.24, 2.45) is 10.8 Å². The van der Waals surface area contributed by atoms with Gasteiger partial charge in [0.15, 0.2) is 0 Å². The average molecular weight is 369 g/mol. The summed E-state index contributed by atoms with van der Waals surface area (Å²) in [5.74, 6) is 0. The molecule has 27 heavy (non-hydrogen) atoms. The lowest BCUT2D eigenvalue weighted by Crippen LogP contribution is -2.71. The Bertz CT molecular complexity index is 707. The van der Waals surface area contributed by atoms with Crippen LogP contribution < -0.4 is 0 Å². The highest BCUT2D eigenvalue weighted by Gasteiger charge is 2.66.